The molecule has 7 heteroatoms. The van der Waals surface area contributed by atoms with Crippen LogP contribution in [0.15, 0.2) is 47.4 Å². The zero-order chi connectivity index (χ0) is 24.2. The number of rotatable bonds is 4. The van der Waals surface area contributed by atoms with Gasteiger partial charge in [-0.1, -0.05) is 59.7 Å². The van der Waals surface area contributed by atoms with E-state index < -0.39 is 10.0 Å². The Labute approximate surface area is 198 Å². The van der Waals surface area contributed by atoms with Crippen molar-refractivity contribution in [2.24, 2.45) is 7.05 Å². The average molecular weight is 469 g/mol. The number of anilines is 1. The molecule has 6 nitrogen and oxygen atoms in total. The molecule has 1 fully saturated rings. The van der Waals surface area contributed by atoms with Gasteiger partial charge in [0.2, 0.25) is 10.0 Å². The summed E-state index contributed by atoms with van der Waals surface area (Å²) in [5, 5.41) is 3.54. The maximum Gasteiger partial charge on any atom is 0.243 e. The van der Waals surface area contributed by atoms with Gasteiger partial charge in [0.05, 0.1) is 15.9 Å². The van der Waals surface area contributed by atoms with Crippen LogP contribution >= 0.6 is 0 Å². The predicted molar refractivity (Wildman–Crippen MR) is 135 cm³/mol. The van der Waals surface area contributed by atoms with Crippen molar-refractivity contribution in [1.29, 1.82) is 0 Å². The zero-order valence-corrected chi connectivity index (χ0v) is 21.6. The number of aryl methyl sites for hydroxylation is 1. The molecule has 0 spiro atoms. The lowest BCUT2D eigenvalue weighted by Crippen LogP contribution is -2.33. The van der Waals surface area contributed by atoms with E-state index in [1.54, 1.807) is 10.4 Å². The maximum absolute atomic E-state index is 13.5. The van der Waals surface area contributed by atoms with Crippen LogP contribution in [0.4, 0.5) is 5.69 Å². The second kappa shape index (κ2) is 8.13. The standard InChI is InChI=1S/C26H36N4O2S/c1-25(2,3)20-10-8-9-11-23(20)33(31,32)30-15-14-19(17-30)27-18-12-13-22-21(16-18)28-24(29(22)7)26(4,5)6/h8-13,16,19,27H,14-15,17H2,1-7H3. The Morgan fingerprint density at radius 3 is 2.36 bits per heavy atom. The molecule has 1 aromatic heterocycles. The number of aromatic nitrogens is 2. The smallest absolute Gasteiger partial charge is 0.243 e. The van der Waals surface area contributed by atoms with Gasteiger partial charge in [-0.2, -0.15) is 4.31 Å². The van der Waals surface area contributed by atoms with Crippen molar-refractivity contribution in [1.82, 2.24) is 13.9 Å². The number of fused-ring (bicyclic) bond motifs is 1. The predicted octanol–water partition coefficient (Wildman–Crippen LogP) is 5.04. The summed E-state index contributed by atoms with van der Waals surface area (Å²) in [6.07, 6.45) is 0.768. The summed E-state index contributed by atoms with van der Waals surface area (Å²) in [5.74, 6) is 1.05. The topological polar surface area (TPSA) is 67.2 Å². The van der Waals surface area contributed by atoms with Crippen LogP contribution in [-0.2, 0) is 27.9 Å². The molecule has 1 unspecified atom stereocenters. The van der Waals surface area contributed by atoms with Gasteiger partial charge in [-0.3, -0.25) is 0 Å². The van der Waals surface area contributed by atoms with Crippen LogP contribution in [0.25, 0.3) is 11.0 Å². The first-order valence-corrected chi connectivity index (χ1v) is 13.1. The maximum atomic E-state index is 13.5. The minimum atomic E-state index is -3.55. The van der Waals surface area contributed by atoms with Gasteiger partial charge in [-0.05, 0) is 41.7 Å². The third-order valence-electron chi connectivity index (χ3n) is 6.39. The highest BCUT2D eigenvalue weighted by molar-refractivity contribution is 7.89. The Balaban J connectivity index is 1.54. The molecular weight excluding hydrogens is 432 g/mol. The van der Waals surface area contributed by atoms with Crippen molar-refractivity contribution in [2.45, 2.75) is 69.7 Å². The summed E-state index contributed by atoms with van der Waals surface area (Å²) in [7, 11) is -1.50. The molecule has 2 heterocycles. The summed E-state index contributed by atoms with van der Waals surface area (Å²) in [6.45, 7) is 13.6. The van der Waals surface area contributed by atoms with E-state index in [0.29, 0.717) is 18.0 Å². The summed E-state index contributed by atoms with van der Waals surface area (Å²) >= 11 is 0. The van der Waals surface area contributed by atoms with Crippen molar-refractivity contribution < 1.29 is 8.42 Å². The number of imidazole rings is 1. The quantitative estimate of drug-likeness (QED) is 0.582. The molecule has 1 aliphatic rings. The van der Waals surface area contributed by atoms with Crippen LogP contribution in [0.2, 0.25) is 0 Å². The van der Waals surface area contributed by atoms with Crippen LogP contribution in [-0.4, -0.2) is 41.4 Å². The first-order valence-electron chi connectivity index (χ1n) is 11.6. The van der Waals surface area contributed by atoms with Gasteiger partial charge in [0, 0.05) is 37.3 Å². The number of hydrogen-bond donors (Lipinski definition) is 1. The van der Waals surface area contributed by atoms with Gasteiger partial charge in [-0.15, -0.1) is 0 Å². The summed E-state index contributed by atoms with van der Waals surface area (Å²) < 4.78 is 30.8. The molecule has 1 atom stereocenters. The third-order valence-corrected chi connectivity index (χ3v) is 8.31. The monoisotopic (exact) mass is 468 g/mol. The minimum absolute atomic E-state index is 0.0367. The molecular formula is C26H36N4O2S. The van der Waals surface area contributed by atoms with E-state index in [1.165, 1.54) is 0 Å². The van der Waals surface area contributed by atoms with Crippen molar-refractivity contribution in [2.75, 3.05) is 18.4 Å². The highest BCUT2D eigenvalue weighted by Crippen LogP contribution is 2.33. The van der Waals surface area contributed by atoms with Gasteiger partial charge < -0.3 is 9.88 Å². The molecule has 0 saturated carbocycles. The van der Waals surface area contributed by atoms with E-state index in [9.17, 15) is 8.42 Å². The Hall–Kier alpha value is -2.38. The van der Waals surface area contributed by atoms with Crippen LogP contribution in [0.1, 0.15) is 59.4 Å². The fraction of sp³-hybridized carbons (Fsp3) is 0.500. The Kier molecular flexibility index (Phi) is 5.86. The second-order valence-electron chi connectivity index (χ2n) is 11.2. The van der Waals surface area contributed by atoms with Gasteiger partial charge in [0.15, 0.2) is 0 Å². The molecule has 0 bridgehead atoms. The molecule has 33 heavy (non-hydrogen) atoms. The molecule has 2 aromatic carbocycles. The van der Waals surface area contributed by atoms with Crippen LogP contribution in [0, 0.1) is 0 Å². The van der Waals surface area contributed by atoms with Crippen LogP contribution < -0.4 is 5.32 Å². The normalized spacial score (nSPS) is 18.2. The molecule has 1 N–H and O–H groups in total. The van der Waals surface area contributed by atoms with Crippen molar-refractivity contribution in [3.05, 3.63) is 53.9 Å². The highest BCUT2D eigenvalue weighted by Gasteiger charge is 2.35. The van der Waals surface area contributed by atoms with Crippen molar-refractivity contribution in [3.8, 4) is 0 Å². The van der Waals surface area contributed by atoms with E-state index in [4.69, 9.17) is 4.98 Å². The summed E-state index contributed by atoms with van der Waals surface area (Å²) in [4.78, 5) is 5.28. The molecule has 178 valence electrons. The first kappa shape index (κ1) is 23.8. The number of hydrogen-bond acceptors (Lipinski definition) is 4. The lowest BCUT2D eigenvalue weighted by atomic mass is 9.87. The Bertz CT molecular complexity index is 1280. The minimum Gasteiger partial charge on any atom is -0.381 e. The van der Waals surface area contributed by atoms with Gasteiger partial charge >= 0.3 is 0 Å². The van der Waals surface area contributed by atoms with Crippen molar-refractivity contribution >= 4 is 26.7 Å². The average Bonchev–Trinajstić information content (AvgIpc) is 3.32. The molecule has 1 saturated heterocycles. The van der Waals surface area contributed by atoms with Gasteiger partial charge in [-0.25, -0.2) is 13.4 Å². The van der Waals surface area contributed by atoms with E-state index in [1.807, 2.05) is 18.2 Å². The van der Waals surface area contributed by atoms with Crippen LogP contribution in [0.5, 0.6) is 0 Å². The summed E-state index contributed by atoms with van der Waals surface area (Å²) in [5.41, 5.74) is 3.60. The van der Waals surface area contributed by atoms with Crippen molar-refractivity contribution in [3.63, 3.8) is 0 Å². The lowest BCUT2D eigenvalue weighted by Gasteiger charge is -2.25. The molecule has 0 amide bonds. The zero-order valence-electron chi connectivity index (χ0n) is 20.8. The van der Waals surface area contributed by atoms with Gasteiger partial charge in [0.25, 0.3) is 0 Å². The van der Waals surface area contributed by atoms with Crippen LogP contribution in [0.3, 0.4) is 0 Å². The highest BCUT2D eigenvalue weighted by atomic mass is 32.2. The Morgan fingerprint density at radius 1 is 1.00 bits per heavy atom. The fourth-order valence-corrected chi connectivity index (χ4v) is 6.61. The van der Waals surface area contributed by atoms with Gasteiger partial charge in [0.1, 0.15) is 5.82 Å². The second-order valence-corrected chi connectivity index (χ2v) is 13.1. The van der Waals surface area contributed by atoms with E-state index >= 15 is 0 Å². The fourth-order valence-electron chi connectivity index (χ4n) is 4.71. The van der Waals surface area contributed by atoms with E-state index in [0.717, 1.165) is 34.5 Å². The Morgan fingerprint density at radius 2 is 1.70 bits per heavy atom. The summed E-state index contributed by atoms with van der Waals surface area (Å²) in [6, 6.07) is 13.6. The number of nitrogens with zero attached hydrogens (tertiary/aromatic N) is 3. The number of benzene rings is 2. The third kappa shape index (κ3) is 4.53. The molecule has 3 aromatic rings. The largest absolute Gasteiger partial charge is 0.381 e. The number of nitrogens with one attached hydrogen (secondary N) is 1. The van der Waals surface area contributed by atoms with E-state index in [-0.39, 0.29) is 16.9 Å². The molecule has 4 rings (SSSR count). The number of sulfonamides is 1. The van der Waals surface area contributed by atoms with E-state index in [2.05, 4.69) is 76.7 Å². The lowest BCUT2D eigenvalue weighted by molar-refractivity contribution is 0.469. The molecule has 0 radical (unpaired) electrons. The SMILES string of the molecule is Cn1c(C(C)(C)C)nc2cc(NC3CCN(S(=O)(=O)c4ccccc4C(C)(C)C)C3)ccc21. The first-order chi connectivity index (χ1) is 15.3. The molecule has 1 aliphatic heterocycles. The molecule has 0 aliphatic carbocycles.